The van der Waals surface area contributed by atoms with E-state index in [1.165, 1.54) is 6.07 Å². The molecule has 0 amide bonds. The molecular weight excluding hydrogens is 185 g/mol. The normalized spacial score (nSPS) is 10.6. The fraction of sp³-hybridized carbons (Fsp3) is 0. The van der Waals surface area contributed by atoms with Gasteiger partial charge in [-0.15, -0.1) is 0 Å². The van der Waals surface area contributed by atoms with Crippen molar-refractivity contribution < 1.29 is 9.90 Å². The summed E-state index contributed by atoms with van der Waals surface area (Å²) in [6.45, 7) is 0. The number of hydrogen-bond acceptors (Lipinski definition) is 3. The lowest BCUT2D eigenvalue weighted by molar-refractivity contribution is 0.0694. The van der Waals surface area contributed by atoms with Gasteiger partial charge in [0.2, 0.25) is 0 Å². The van der Waals surface area contributed by atoms with Crippen molar-refractivity contribution in [1.82, 2.24) is 14.6 Å². The number of carboxylic acid groups (broad SMARTS) is 1. The Balaban J connectivity index is 2.88. The SMILES string of the molecule is [B]c1cc2ncc(C(=O)O)c(=O)n2[nH]1. The molecule has 0 aliphatic rings. The maximum absolute atomic E-state index is 11.4. The van der Waals surface area contributed by atoms with Crippen LogP contribution in [0, 0.1) is 0 Å². The first-order valence-corrected chi connectivity index (χ1v) is 3.69. The molecule has 0 saturated heterocycles. The summed E-state index contributed by atoms with van der Waals surface area (Å²) in [6.07, 6.45) is 1.01. The van der Waals surface area contributed by atoms with Gasteiger partial charge >= 0.3 is 5.97 Å². The molecule has 2 heterocycles. The first-order chi connectivity index (χ1) is 6.59. The summed E-state index contributed by atoms with van der Waals surface area (Å²) in [7, 11) is 5.38. The van der Waals surface area contributed by atoms with E-state index in [-0.39, 0.29) is 11.2 Å². The Morgan fingerprint density at radius 3 is 3.00 bits per heavy atom. The number of H-pyrrole nitrogens is 1. The van der Waals surface area contributed by atoms with Crippen molar-refractivity contribution in [3.8, 4) is 0 Å². The van der Waals surface area contributed by atoms with Gasteiger partial charge in [0.15, 0.2) is 5.65 Å². The molecule has 0 aromatic carbocycles. The minimum Gasteiger partial charge on any atom is -0.477 e. The summed E-state index contributed by atoms with van der Waals surface area (Å²) in [6, 6.07) is 1.44. The van der Waals surface area contributed by atoms with Gasteiger partial charge in [0.1, 0.15) is 13.4 Å². The van der Waals surface area contributed by atoms with Crippen molar-refractivity contribution in [2.75, 3.05) is 0 Å². The van der Waals surface area contributed by atoms with Crippen LogP contribution < -0.4 is 11.2 Å². The highest BCUT2D eigenvalue weighted by Gasteiger charge is 2.12. The number of nitrogens with one attached hydrogen (secondary N) is 1. The zero-order valence-corrected chi connectivity index (χ0v) is 6.89. The van der Waals surface area contributed by atoms with Crippen molar-refractivity contribution in [2.24, 2.45) is 0 Å². The van der Waals surface area contributed by atoms with E-state index in [0.717, 1.165) is 10.7 Å². The van der Waals surface area contributed by atoms with E-state index in [9.17, 15) is 9.59 Å². The van der Waals surface area contributed by atoms with E-state index < -0.39 is 17.1 Å². The Morgan fingerprint density at radius 1 is 1.64 bits per heavy atom. The highest BCUT2D eigenvalue weighted by atomic mass is 16.4. The quantitative estimate of drug-likeness (QED) is 0.535. The predicted molar refractivity (Wildman–Crippen MR) is 48.2 cm³/mol. The van der Waals surface area contributed by atoms with Crippen LogP contribution in [0.25, 0.3) is 5.65 Å². The van der Waals surface area contributed by atoms with Gasteiger partial charge in [0.25, 0.3) is 5.56 Å². The van der Waals surface area contributed by atoms with Gasteiger partial charge in [-0.25, -0.2) is 14.3 Å². The average Bonchev–Trinajstić information content (AvgIpc) is 2.46. The van der Waals surface area contributed by atoms with E-state index in [0.29, 0.717) is 0 Å². The minimum absolute atomic E-state index is 0.247. The lowest BCUT2D eigenvalue weighted by Gasteiger charge is -1.94. The maximum atomic E-state index is 11.4. The van der Waals surface area contributed by atoms with Crippen molar-refractivity contribution in [3.63, 3.8) is 0 Å². The van der Waals surface area contributed by atoms with E-state index in [2.05, 4.69) is 10.1 Å². The summed E-state index contributed by atoms with van der Waals surface area (Å²) in [5.41, 5.74) is -0.543. The third kappa shape index (κ3) is 1.10. The molecule has 2 N–H and O–H groups in total. The summed E-state index contributed by atoms with van der Waals surface area (Å²) in [4.78, 5) is 25.8. The first kappa shape index (κ1) is 8.55. The van der Waals surface area contributed by atoms with E-state index >= 15 is 0 Å². The number of aromatic amines is 1. The molecular formula is C7H4BN3O3. The van der Waals surface area contributed by atoms with Gasteiger partial charge in [0, 0.05) is 6.20 Å². The molecule has 6 nitrogen and oxygen atoms in total. The van der Waals surface area contributed by atoms with Crippen molar-refractivity contribution in [2.45, 2.75) is 0 Å². The molecule has 14 heavy (non-hydrogen) atoms. The Bertz CT molecular complexity index is 571. The number of aromatic carboxylic acids is 1. The number of rotatable bonds is 1. The van der Waals surface area contributed by atoms with Crippen LogP contribution in [0.3, 0.4) is 0 Å². The number of carboxylic acids is 1. The monoisotopic (exact) mass is 189 g/mol. The summed E-state index contributed by atoms with van der Waals surface area (Å²) >= 11 is 0. The van der Waals surface area contributed by atoms with Crippen LogP contribution in [0.4, 0.5) is 0 Å². The molecule has 0 spiro atoms. The topological polar surface area (TPSA) is 87.5 Å². The zero-order chi connectivity index (χ0) is 10.3. The van der Waals surface area contributed by atoms with Gasteiger partial charge < -0.3 is 10.2 Å². The molecule has 0 fully saturated rings. The van der Waals surface area contributed by atoms with Crippen LogP contribution in [-0.4, -0.2) is 33.5 Å². The molecule has 2 aromatic heterocycles. The molecule has 0 unspecified atom stereocenters. The minimum atomic E-state index is -1.31. The second kappa shape index (κ2) is 2.73. The fourth-order valence-corrected chi connectivity index (χ4v) is 1.13. The molecule has 2 aromatic rings. The summed E-state index contributed by atoms with van der Waals surface area (Å²) in [5, 5.41) is 11.1. The first-order valence-electron chi connectivity index (χ1n) is 3.69. The smallest absolute Gasteiger partial charge is 0.343 e. The third-order valence-electron chi connectivity index (χ3n) is 1.74. The van der Waals surface area contributed by atoms with Gasteiger partial charge in [-0.3, -0.25) is 4.79 Å². The summed E-state index contributed by atoms with van der Waals surface area (Å²) < 4.78 is 0.985. The number of hydrogen-bond donors (Lipinski definition) is 2. The highest BCUT2D eigenvalue weighted by molar-refractivity contribution is 6.31. The second-order valence-corrected chi connectivity index (χ2v) is 2.69. The molecule has 0 bridgehead atoms. The molecule has 0 atom stereocenters. The standard InChI is InChI=1S/C7H4BN3O3/c8-4-1-5-9-2-3(7(13)14)6(12)11(5)10-4/h1-2,10H,(H,13,14). The van der Waals surface area contributed by atoms with Crippen LogP contribution in [0.5, 0.6) is 0 Å². The van der Waals surface area contributed by atoms with E-state index in [1.54, 1.807) is 0 Å². The molecule has 2 rings (SSSR count). The van der Waals surface area contributed by atoms with Crippen molar-refractivity contribution >= 4 is 25.1 Å². The third-order valence-corrected chi connectivity index (χ3v) is 1.74. The number of nitrogens with zero attached hydrogens (tertiary/aromatic N) is 2. The van der Waals surface area contributed by atoms with Gasteiger partial charge in [-0.1, -0.05) is 0 Å². The van der Waals surface area contributed by atoms with Crippen LogP contribution in [-0.2, 0) is 0 Å². The Hall–Kier alpha value is -2.05. The Kier molecular flexibility index (Phi) is 1.66. The number of fused-ring (bicyclic) bond motifs is 1. The lowest BCUT2D eigenvalue weighted by Crippen LogP contribution is -2.23. The average molecular weight is 189 g/mol. The highest BCUT2D eigenvalue weighted by Crippen LogP contribution is 1.93. The number of carbonyl (C=O) groups is 1. The van der Waals surface area contributed by atoms with Crippen molar-refractivity contribution in [3.05, 3.63) is 28.2 Å². The van der Waals surface area contributed by atoms with E-state index in [4.69, 9.17) is 13.0 Å². The predicted octanol–water partition coefficient (Wildman–Crippen LogP) is -1.49. The van der Waals surface area contributed by atoms with Crippen LogP contribution in [0.15, 0.2) is 17.1 Å². The summed E-state index contributed by atoms with van der Waals surface area (Å²) in [5.74, 6) is -1.31. The van der Waals surface area contributed by atoms with Crippen LogP contribution in [0.2, 0.25) is 0 Å². The Morgan fingerprint density at radius 2 is 2.36 bits per heavy atom. The Labute approximate surface area is 78.6 Å². The fourth-order valence-electron chi connectivity index (χ4n) is 1.13. The molecule has 0 aliphatic carbocycles. The lowest BCUT2D eigenvalue weighted by atomic mass is 10.1. The number of aromatic nitrogens is 3. The maximum Gasteiger partial charge on any atom is 0.343 e. The second-order valence-electron chi connectivity index (χ2n) is 2.69. The van der Waals surface area contributed by atoms with Gasteiger partial charge in [-0.2, -0.15) is 0 Å². The molecule has 0 aliphatic heterocycles. The molecule has 0 saturated carbocycles. The van der Waals surface area contributed by atoms with Gasteiger partial charge in [0.05, 0.1) is 0 Å². The largest absolute Gasteiger partial charge is 0.477 e. The molecule has 68 valence electrons. The molecule has 2 radical (unpaired) electrons. The van der Waals surface area contributed by atoms with Crippen LogP contribution in [0.1, 0.15) is 10.4 Å². The van der Waals surface area contributed by atoms with Crippen molar-refractivity contribution in [1.29, 1.82) is 0 Å². The van der Waals surface area contributed by atoms with Crippen LogP contribution >= 0.6 is 0 Å². The molecule has 7 heteroatoms. The van der Waals surface area contributed by atoms with E-state index in [1.807, 2.05) is 0 Å². The van der Waals surface area contributed by atoms with Gasteiger partial charge in [-0.05, 0) is 11.7 Å². The zero-order valence-electron chi connectivity index (χ0n) is 6.89.